The van der Waals surface area contributed by atoms with Crippen LogP contribution in [-0.4, -0.2) is 40.6 Å². The van der Waals surface area contributed by atoms with Gasteiger partial charge >= 0.3 is 0 Å². The van der Waals surface area contributed by atoms with E-state index in [2.05, 4.69) is 18.8 Å². The third-order valence-electron chi connectivity index (χ3n) is 4.08. The molecule has 0 aliphatic carbocycles. The van der Waals surface area contributed by atoms with Gasteiger partial charge in [-0.25, -0.2) is 0 Å². The molecule has 1 atom stereocenters. The molecule has 0 spiro atoms. The number of hydrogen-bond acceptors (Lipinski definition) is 3. The summed E-state index contributed by atoms with van der Waals surface area (Å²) >= 11 is 0. The lowest BCUT2D eigenvalue weighted by Gasteiger charge is -2.41. The smallest absolute Gasteiger partial charge is 0.255 e. The maximum absolute atomic E-state index is 12.8. The molecule has 0 saturated carbocycles. The van der Waals surface area contributed by atoms with Crippen molar-refractivity contribution in [1.29, 1.82) is 0 Å². The zero-order valence-electron chi connectivity index (χ0n) is 13.2. The molecule has 0 bridgehead atoms. The molecule has 21 heavy (non-hydrogen) atoms. The number of carbonyl (C=O) groups excluding carboxylic acids is 1. The fourth-order valence-corrected chi connectivity index (χ4v) is 2.99. The molecule has 1 amide bonds. The first-order chi connectivity index (χ1) is 9.84. The standard InChI is InChI=1S/C16H24N2O3/c1-5-18(12-6-7-21-16(3,4)9-12)15(20)13-10-17-14(19)8-11(13)2/h8,10,12H,5-7,9H2,1-4H3,(H,17,19). The molecule has 2 rings (SSSR count). The first kappa shape index (κ1) is 15.8. The Hall–Kier alpha value is -1.62. The molecule has 1 aromatic rings. The van der Waals surface area contributed by atoms with E-state index in [1.807, 2.05) is 11.8 Å². The fourth-order valence-electron chi connectivity index (χ4n) is 2.99. The Morgan fingerprint density at radius 3 is 2.81 bits per heavy atom. The molecule has 116 valence electrons. The Bertz CT molecular complexity index is 577. The molecule has 0 aromatic carbocycles. The van der Waals surface area contributed by atoms with Crippen molar-refractivity contribution in [2.75, 3.05) is 13.2 Å². The molecular weight excluding hydrogens is 268 g/mol. The van der Waals surface area contributed by atoms with Gasteiger partial charge in [-0.05, 0) is 46.1 Å². The van der Waals surface area contributed by atoms with Gasteiger partial charge in [-0.2, -0.15) is 0 Å². The highest BCUT2D eigenvalue weighted by Gasteiger charge is 2.34. The number of aromatic nitrogens is 1. The lowest BCUT2D eigenvalue weighted by atomic mass is 9.92. The molecule has 1 aromatic heterocycles. The number of pyridine rings is 1. The molecule has 2 heterocycles. The summed E-state index contributed by atoms with van der Waals surface area (Å²) in [5, 5.41) is 0. The van der Waals surface area contributed by atoms with Crippen molar-refractivity contribution in [2.45, 2.75) is 52.2 Å². The van der Waals surface area contributed by atoms with Crippen molar-refractivity contribution in [1.82, 2.24) is 9.88 Å². The number of hydrogen-bond donors (Lipinski definition) is 1. The van der Waals surface area contributed by atoms with Crippen LogP contribution in [0.25, 0.3) is 0 Å². The molecule has 1 saturated heterocycles. The Balaban J connectivity index is 2.24. The van der Waals surface area contributed by atoms with E-state index >= 15 is 0 Å². The molecule has 0 radical (unpaired) electrons. The summed E-state index contributed by atoms with van der Waals surface area (Å²) in [6.07, 6.45) is 3.20. The molecule has 5 nitrogen and oxygen atoms in total. The van der Waals surface area contributed by atoms with Crippen LogP contribution in [-0.2, 0) is 4.74 Å². The van der Waals surface area contributed by atoms with Crippen molar-refractivity contribution in [3.63, 3.8) is 0 Å². The van der Waals surface area contributed by atoms with Gasteiger partial charge in [0.15, 0.2) is 0 Å². The second-order valence-electron chi connectivity index (χ2n) is 6.24. The number of rotatable bonds is 3. The van der Waals surface area contributed by atoms with Gasteiger partial charge in [-0.15, -0.1) is 0 Å². The van der Waals surface area contributed by atoms with Gasteiger partial charge in [-0.1, -0.05) is 0 Å². The number of H-pyrrole nitrogens is 1. The van der Waals surface area contributed by atoms with Crippen LogP contribution in [0, 0.1) is 6.92 Å². The van der Waals surface area contributed by atoms with Crippen molar-refractivity contribution in [3.8, 4) is 0 Å². The van der Waals surface area contributed by atoms with Crippen molar-refractivity contribution in [3.05, 3.63) is 33.7 Å². The van der Waals surface area contributed by atoms with Gasteiger partial charge in [-0.3, -0.25) is 9.59 Å². The zero-order chi connectivity index (χ0) is 15.6. The minimum atomic E-state index is -0.198. The monoisotopic (exact) mass is 292 g/mol. The predicted octanol–water partition coefficient (Wildman–Crippen LogP) is 2.10. The van der Waals surface area contributed by atoms with Crippen LogP contribution in [0.3, 0.4) is 0 Å². The van der Waals surface area contributed by atoms with Gasteiger partial charge in [0.25, 0.3) is 5.91 Å². The Morgan fingerprint density at radius 1 is 1.52 bits per heavy atom. The molecule has 5 heteroatoms. The van der Waals surface area contributed by atoms with E-state index in [0.717, 1.165) is 12.8 Å². The Morgan fingerprint density at radius 2 is 2.24 bits per heavy atom. The number of nitrogens with zero attached hydrogens (tertiary/aromatic N) is 1. The van der Waals surface area contributed by atoms with E-state index in [0.29, 0.717) is 24.3 Å². The van der Waals surface area contributed by atoms with Crippen molar-refractivity contribution in [2.24, 2.45) is 0 Å². The summed E-state index contributed by atoms with van der Waals surface area (Å²) in [5.74, 6) is -0.0195. The van der Waals surface area contributed by atoms with Crippen LogP contribution in [0.15, 0.2) is 17.1 Å². The second kappa shape index (κ2) is 6.02. The molecular formula is C16H24N2O3. The summed E-state index contributed by atoms with van der Waals surface area (Å²) in [4.78, 5) is 28.6. The van der Waals surface area contributed by atoms with E-state index < -0.39 is 0 Å². The highest BCUT2D eigenvalue weighted by Crippen LogP contribution is 2.28. The van der Waals surface area contributed by atoms with Crippen LogP contribution in [0.2, 0.25) is 0 Å². The van der Waals surface area contributed by atoms with Gasteiger partial charge < -0.3 is 14.6 Å². The molecule has 1 fully saturated rings. The van der Waals surface area contributed by atoms with Crippen LogP contribution in [0.4, 0.5) is 0 Å². The maximum atomic E-state index is 12.8. The average Bonchev–Trinajstić information content (AvgIpc) is 2.38. The van der Waals surface area contributed by atoms with Gasteiger partial charge in [0.2, 0.25) is 5.56 Å². The van der Waals surface area contributed by atoms with E-state index in [-0.39, 0.29) is 23.1 Å². The van der Waals surface area contributed by atoms with Gasteiger partial charge in [0.05, 0.1) is 11.2 Å². The topological polar surface area (TPSA) is 62.4 Å². The van der Waals surface area contributed by atoms with E-state index in [1.54, 1.807) is 6.92 Å². The van der Waals surface area contributed by atoms with Gasteiger partial charge in [0, 0.05) is 31.5 Å². The minimum absolute atomic E-state index is 0.0195. The number of carbonyl (C=O) groups is 1. The van der Waals surface area contributed by atoms with Crippen molar-refractivity contribution < 1.29 is 9.53 Å². The Kier molecular flexibility index (Phi) is 4.52. The lowest BCUT2D eigenvalue weighted by Crippen LogP contribution is -2.48. The number of nitrogens with one attached hydrogen (secondary N) is 1. The lowest BCUT2D eigenvalue weighted by molar-refractivity contribution is -0.0777. The third-order valence-corrected chi connectivity index (χ3v) is 4.08. The second-order valence-corrected chi connectivity index (χ2v) is 6.24. The van der Waals surface area contributed by atoms with Crippen LogP contribution in [0.5, 0.6) is 0 Å². The first-order valence-electron chi connectivity index (χ1n) is 7.48. The Labute approximate surface area is 125 Å². The predicted molar refractivity (Wildman–Crippen MR) is 81.6 cm³/mol. The summed E-state index contributed by atoms with van der Waals surface area (Å²) in [6.45, 7) is 9.22. The zero-order valence-corrected chi connectivity index (χ0v) is 13.2. The largest absolute Gasteiger partial charge is 0.375 e. The fraction of sp³-hybridized carbons (Fsp3) is 0.625. The summed E-state index contributed by atoms with van der Waals surface area (Å²) < 4.78 is 5.73. The van der Waals surface area contributed by atoms with Crippen LogP contribution < -0.4 is 5.56 Å². The molecule has 1 unspecified atom stereocenters. The minimum Gasteiger partial charge on any atom is -0.375 e. The van der Waals surface area contributed by atoms with Crippen molar-refractivity contribution >= 4 is 5.91 Å². The molecule has 1 aliphatic rings. The molecule has 1 aliphatic heterocycles. The average molecular weight is 292 g/mol. The third kappa shape index (κ3) is 3.53. The number of amides is 1. The highest BCUT2D eigenvalue weighted by atomic mass is 16.5. The quantitative estimate of drug-likeness (QED) is 0.928. The van der Waals surface area contributed by atoms with Crippen LogP contribution in [0.1, 0.15) is 49.5 Å². The number of aryl methyl sites for hydroxylation is 1. The first-order valence-corrected chi connectivity index (χ1v) is 7.48. The van der Waals surface area contributed by atoms with Gasteiger partial charge in [0.1, 0.15) is 0 Å². The summed E-state index contributed by atoms with van der Waals surface area (Å²) in [6, 6.07) is 1.65. The molecule has 1 N–H and O–H groups in total. The number of aromatic amines is 1. The highest BCUT2D eigenvalue weighted by molar-refractivity contribution is 5.95. The maximum Gasteiger partial charge on any atom is 0.255 e. The van der Waals surface area contributed by atoms with Crippen LogP contribution >= 0.6 is 0 Å². The van der Waals surface area contributed by atoms with E-state index in [4.69, 9.17) is 4.74 Å². The SMILES string of the molecule is CCN(C(=O)c1c[nH]c(=O)cc1C)C1CCOC(C)(C)C1. The summed E-state index contributed by atoms with van der Waals surface area (Å²) in [7, 11) is 0. The van der Waals surface area contributed by atoms with E-state index in [9.17, 15) is 9.59 Å². The number of ether oxygens (including phenoxy) is 1. The summed E-state index contributed by atoms with van der Waals surface area (Å²) in [5.41, 5.74) is 0.907. The normalized spacial score (nSPS) is 21.0. The van der Waals surface area contributed by atoms with E-state index in [1.165, 1.54) is 12.3 Å².